The highest BCUT2D eigenvalue weighted by Crippen LogP contribution is 2.46. The molecule has 0 spiro atoms. The summed E-state index contributed by atoms with van der Waals surface area (Å²) in [4.78, 5) is 0. The SMILES string of the molecule is COCCOc1ccc2c(C#N)c(-c3ccc(NC(C4CC4)C4CC4)cc3)n(C(C)C)c2c1. The number of nitriles is 1. The van der Waals surface area contributed by atoms with E-state index in [1.807, 2.05) is 18.2 Å². The molecule has 5 rings (SSSR count). The minimum absolute atomic E-state index is 0.200. The van der Waals surface area contributed by atoms with Gasteiger partial charge in [-0.25, -0.2) is 0 Å². The van der Waals surface area contributed by atoms with E-state index in [1.54, 1.807) is 7.11 Å². The topological polar surface area (TPSA) is 59.2 Å². The molecule has 0 unspecified atom stereocenters. The smallest absolute Gasteiger partial charge is 0.121 e. The van der Waals surface area contributed by atoms with E-state index < -0.39 is 0 Å². The Bertz CT molecular complexity index is 1150. The monoisotopic (exact) mass is 443 g/mol. The van der Waals surface area contributed by atoms with Crippen molar-refractivity contribution >= 4 is 16.6 Å². The van der Waals surface area contributed by atoms with Crippen molar-refractivity contribution < 1.29 is 9.47 Å². The van der Waals surface area contributed by atoms with Crippen LogP contribution in [0.2, 0.25) is 0 Å². The van der Waals surface area contributed by atoms with Crippen LogP contribution < -0.4 is 10.1 Å². The fraction of sp³-hybridized carbons (Fsp3) is 0.464. The summed E-state index contributed by atoms with van der Waals surface area (Å²) < 4.78 is 13.2. The summed E-state index contributed by atoms with van der Waals surface area (Å²) in [5.74, 6) is 2.50. The van der Waals surface area contributed by atoms with Gasteiger partial charge >= 0.3 is 0 Å². The molecule has 5 heteroatoms. The first-order valence-corrected chi connectivity index (χ1v) is 12.2. The third-order valence-electron chi connectivity index (χ3n) is 6.91. The average Bonchev–Trinajstić information content (AvgIpc) is 3.74. The molecule has 1 N–H and O–H groups in total. The maximum Gasteiger partial charge on any atom is 0.121 e. The molecule has 2 aliphatic carbocycles. The van der Waals surface area contributed by atoms with E-state index in [9.17, 15) is 5.26 Å². The van der Waals surface area contributed by atoms with Crippen molar-refractivity contribution in [2.45, 2.75) is 51.6 Å². The zero-order chi connectivity index (χ0) is 22.9. The van der Waals surface area contributed by atoms with Crippen molar-refractivity contribution in [2.75, 3.05) is 25.6 Å². The zero-order valence-electron chi connectivity index (χ0n) is 19.8. The van der Waals surface area contributed by atoms with Crippen molar-refractivity contribution in [3.8, 4) is 23.1 Å². The Balaban J connectivity index is 1.49. The number of anilines is 1. The molecule has 3 aromatic rings. The number of nitrogens with zero attached hydrogens (tertiary/aromatic N) is 2. The Labute approximate surface area is 196 Å². The second-order valence-corrected chi connectivity index (χ2v) is 9.74. The summed E-state index contributed by atoms with van der Waals surface area (Å²) in [5, 5.41) is 14.9. The van der Waals surface area contributed by atoms with Gasteiger partial charge in [-0.15, -0.1) is 0 Å². The molecule has 2 aliphatic rings. The van der Waals surface area contributed by atoms with E-state index in [-0.39, 0.29) is 6.04 Å². The number of benzene rings is 2. The number of hydrogen-bond acceptors (Lipinski definition) is 4. The molecule has 0 bridgehead atoms. The molecule has 33 heavy (non-hydrogen) atoms. The van der Waals surface area contributed by atoms with Gasteiger partial charge in [-0.05, 0) is 81.2 Å². The van der Waals surface area contributed by atoms with E-state index in [2.05, 4.69) is 54.1 Å². The van der Waals surface area contributed by atoms with Crippen LogP contribution in [-0.4, -0.2) is 30.9 Å². The maximum atomic E-state index is 10.1. The van der Waals surface area contributed by atoms with Crippen molar-refractivity contribution in [1.29, 1.82) is 5.26 Å². The standard InChI is InChI=1S/C28H33N3O2/c1-18(2)31-26-16-23(33-15-14-32-3)12-13-24(26)25(17-29)28(31)21-8-10-22(11-9-21)30-27(19-4-5-19)20-6-7-20/h8-13,16,18-20,27,30H,4-7,14-15H2,1-3H3. The molecular weight excluding hydrogens is 410 g/mol. The van der Waals surface area contributed by atoms with Gasteiger partial charge in [0.1, 0.15) is 18.4 Å². The lowest BCUT2D eigenvalue weighted by Crippen LogP contribution is -2.24. The van der Waals surface area contributed by atoms with Gasteiger partial charge in [0, 0.05) is 36.3 Å². The minimum Gasteiger partial charge on any atom is -0.491 e. The van der Waals surface area contributed by atoms with Gasteiger partial charge in [0.15, 0.2) is 0 Å². The Hall–Kier alpha value is -2.97. The molecule has 0 amide bonds. The van der Waals surface area contributed by atoms with Gasteiger partial charge in [-0.1, -0.05) is 12.1 Å². The molecule has 2 fully saturated rings. The highest BCUT2D eigenvalue weighted by Gasteiger charge is 2.41. The number of methoxy groups -OCH3 is 1. The predicted octanol–water partition coefficient (Wildman–Crippen LogP) is 6.39. The third-order valence-corrected chi connectivity index (χ3v) is 6.91. The van der Waals surface area contributed by atoms with E-state index in [0.29, 0.717) is 19.3 Å². The Morgan fingerprint density at radius 3 is 2.30 bits per heavy atom. The fourth-order valence-electron chi connectivity index (χ4n) is 5.00. The predicted molar refractivity (Wildman–Crippen MR) is 133 cm³/mol. The largest absolute Gasteiger partial charge is 0.491 e. The molecule has 5 nitrogen and oxygen atoms in total. The summed E-state index contributed by atoms with van der Waals surface area (Å²) in [6, 6.07) is 18.0. The molecule has 2 saturated carbocycles. The summed E-state index contributed by atoms with van der Waals surface area (Å²) in [6.45, 7) is 5.36. The lowest BCUT2D eigenvalue weighted by atomic mass is 10.0. The molecule has 0 saturated heterocycles. The fourth-order valence-corrected chi connectivity index (χ4v) is 5.00. The lowest BCUT2D eigenvalue weighted by Gasteiger charge is -2.20. The van der Waals surface area contributed by atoms with Crippen molar-refractivity contribution in [1.82, 2.24) is 4.57 Å². The average molecular weight is 444 g/mol. The molecule has 1 aromatic heterocycles. The molecule has 172 valence electrons. The number of ether oxygens (including phenoxy) is 2. The van der Waals surface area contributed by atoms with Gasteiger partial charge in [0.05, 0.1) is 23.4 Å². The van der Waals surface area contributed by atoms with Crippen LogP contribution in [0.15, 0.2) is 42.5 Å². The van der Waals surface area contributed by atoms with Crippen LogP contribution in [0.3, 0.4) is 0 Å². The zero-order valence-corrected chi connectivity index (χ0v) is 19.8. The van der Waals surface area contributed by atoms with Crippen LogP contribution in [0, 0.1) is 23.2 Å². The van der Waals surface area contributed by atoms with Gasteiger partial charge in [-0.2, -0.15) is 5.26 Å². The van der Waals surface area contributed by atoms with E-state index in [1.165, 1.54) is 31.4 Å². The third kappa shape index (κ3) is 4.45. The molecule has 0 atom stereocenters. The number of rotatable bonds is 10. The van der Waals surface area contributed by atoms with E-state index >= 15 is 0 Å². The van der Waals surface area contributed by atoms with Gasteiger partial charge in [0.2, 0.25) is 0 Å². The normalized spacial score (nSPS) is 15.9. The number of aromatic nitrogens is 1. The van der Waals surface area contributed by atoms with E-state index in [4.69, 9.17) is 9.47 Å². The molecule has 2 aromatic carbocycles. The van der Waals surface area contributed by atoms with Crippen molar-refractivity contribution in [3.05, 3.63) is 48.0 Å². The van der Waals surface area contributed by atoms with Crippen LogP contribution in [0.25, 0.3) is 22.2 Å². The number of nitrogens with one attached hydrogen (secondary N) is 1. The first-order chi connectivity index (χ1) is 16.1. The molecule has 0 aliphatic heterocycles. The lowest BCUT2D eigenvalue weighted by molar-refractivity contribution is 0.146. The van der Waals surface area contributed by atoms with Crippen molar-refractivity contribution in [2.24, 2.45) is 11.8 Å². The first kappa shape index (κ1) is 21.9. The van der Waals surface area contributed by atoms with Crippen LogP contribution in [-0.2, 0) is 4.74 Å². The number of fused-ring (bicyclic) bond motifs is 1. The van der Waals surface area contributed by atoms with Crippen LogP contribution >= 0.6 is 0 Å². The molecule has 1 heterocycles. The van der Waals surface area contributed by atoms with Gasteiger partial charge in [-0.3, -0.25) is 0 Å². The van der Waals surface area contributed by atoms with Gasteiger partial charge < -0.3 is 19.4 Å². The summed E-state index contributed by atoms with van der Waals surface area (Å²) >= 11 is 0. The second kappa shape index (κ2) is 9.11. The van der Waals surface area contributed by atoms with Crippen LogP contribution in [0.5, 0.6) is 5.75 Å². The molecular formula is C28H33N3O2. The maximum absolute atomic E-state index is 10.1. The van der Waals surface area contributed by atoms with Crippen molar-refractivity contribution in [3.63, 3.8) is 0 Å². The Morgan fingerprint density at radius 2 is 1.73 bits per heavy atom. The first-order valence-electron chi connectivity index (χ1n) is 12.2. The minimum atomic E-state index is 0.200. The van der Waals surface area contributed by atoms with E-state index in [0.717, 1.165) is 45.3 Å². The highest BCUT2D eigenvalue weighted by molar-refractivity contribution is 5.95. The second-order valence-electron chi connectivity index (χ2n) is 9.74. The summed E-state index contributed by atoms with van der Waals surface area (Å²) in [7, 11) is 1.67. The molecule has 0 radical (unpaired) electrons. The number of hydrogen-bond donors (Lipinski definition) is 1. The Kier molecular flexibility index (Phi) is 6.03. The quantitative estimate of drug-likeness (QED) is 0.369. The van der Waals surface area contributed by atoms with Crippen LogP contribution in [0.4, 0.5) is 5.69 Å². The Morgan fingerprint density at radius 1 is 1.03 bits per heavy atom. The summed E-state index contributed by atoms with van der Waals surface area (Å²) in [5.41, 5.74) is 4.97. The summed E-state index contributed by atoms with van der Waals surface area (Å²) in [6.07, 6.45) is 5.46. The van der Waals surface area contributed by atoms with Gasteiger partial charge in [0.25, 0.3) is 0 Å². The highest BCUT2D eigenvalue weighted by atomic mass is 16.5. The van der Waals surface area contributed by atoms with Crippen LogP contribution in [0.1, 0.15) is 51.1 Å².